The molecule has 0 saturated heterocycles. The normalized spacial score (nSPS) is 12.7. The van der Waals surface area contributed by atoms with Gasteiger partial charge in [-0.25, -0.2) is 0 Å². The van der Waals surface area contributed by atoms with Gasteiger partial charge in [-0.1, -0.05) is 38.2 Å². The molecular weight excluding hydrogens is 602 g/mol. The van der Waals surface area contributed by atoms with Crippen LogP contribution in [0.5, 0.6) is 0 Å². The molecule has 0 aromatic rings. The van der Waals surface area contributed by atoms with Crippen molar-refractivity contribution in [2.45, 2.75) is 96.6 Å². The van der Waals surface area contributed by atoms with Gasteiger partial charge in [0, 0.05) is 52.1 Å². The number of amides is 5. The maximum atomic E-state index is 13.9. The van der Waals surface area contributed by atoms with Gasteiger partial charge in [0.2, 0.25) is 29.5 Å². The summed E-state index contributed by atoms with van der Waals surface area (Å²) < 4.78 is 0. The minimum Gasteiger partial charge on any atom is -0.356 e. The van der Waals surface area contributed by atoms with Gasteiger partial charge in [-0.2, -0.15) is 0 Å². The van der Waals surface area contributed by atoms with Gasteiger partial charge in [-0.05, 0) is 70.9 Å². The highest BCUT2D eigenvalue weighted by molar-refractivity contribution is 5.85. The summed E-state index contributed by atoms with van der Waals surface area (Å²) in [5, 5.41) is 11.3. The fourth-order valence-corrected chi connectivity index (χ4v) is 4.50. The van der Waals surface area contributed by atoms with E-state index in [0.29, 0.717) is 71.1 Å². The number of hydrogen-bond donors (Lipinski definition) is 8. The molecule has 0 saturated carbocycles. The fraction of sp³-hybridized carbons (Fsp3) is 0.727. The van der Waals surface area contributed by atoms with Gasteiger partial charge in [-0.3, -0.25) is 24.0 Å². The number of nitrogens with zero attached hydrogens (tertiary/aromatic N) is 1. The Balaban J connectivity index is 5.46. The van der Waals surface area contributed by atoms with Crippen LogP contribution < -0.4 is 44.2 Å². The molecule has 0 aromatic carbocycles. The summed E-state index contributed by atoms with van der Waals surface area (Å²) in [6.45, 7) is 6.06. The standard InChI is InChI=1S/C33H63N9O5/c1-3-5-7-9-14-29(43)38-20-11-12-22-42(23-13-21-39-30(44)15-10-8-6-4-2)33(47)26(24-40-31(45)27(36)16-18-34)25-41-32(46)28(37)17-19-35/h5-8,26-28H,3-4,9-25,34-37H2,1-2H3,(H,38,43)(H,39,44)(H,40,45)(H,41,46)/b7-5-,8-6-/t27-,28-/m0/s1. The summed E-state index contributed by atoms with van der Waals surface area (Å²) >= 11 is 0. The van der Waals surface area contributed by atoms with E-state index in [1.807, 2.05) is 38.2 Å². The largest absolute Gasteiger partial charge is 0.356 e. The highest BCUT2D eigenvalue weighted by atomic mass is 16.2. The van der Waals surface area contributed by atoms with Crippen molar-refractivity contribution in [1.82, 2.24) is 26.2 Å². The second-order valence-electron chi connectivity index (χ2n) is 11.5. The van der Waals surface area contributed by atoms with Crippen LogP contribution in [0.2, 0.25) is 0 Å². The lowest BCUT2D eigenvalue weighted by atomic mass is 10.1. The van der Waals surface area contributed by atoms with Gasteiger partial charge in [0.25, 0.3) is 0 Å². The summed E-state index contributed by atoms with van der Waals surface area (Å²) in [7, 11) is 0. The molecule has 14 nitrogen and oxygen atoms in total. The highest BCUT2D eigenvalue weighted by Crippen LogP contribution is 2.07. The number of hydrogen-bond acceptors (Lipinski definition) is 9. The maximum Gasteiger partial charge on any atom is 0.236 e. The Labute approximate surface area is 281 Å². The van der Waals surface area contributed by atoms with Gasteiger partial charge in [0.15, 0.2) is 0 Å². The third-order valence-electron chi connectivity index (χ3n) is 7.32. The van der Waals surface area contributed by atoms with Gasteiger partial charge in [-0.15, -0.1) is 0 Å². The lowest BCUT2D eigenvalue weighted by molar-refractivity contribution is -0.136. The average Bonchev–Trinajstić information content (AvgIpc) is 3.05. The molecule has 270 valence electrons. The second-order valence-corrected chi connectivity index (χ2v) is 11.5. The number of carbonyl (C=O) groups excluding carboxylic acids is 5. The molecule has 0 aromatic heterocycles. The maximum absolute atomic E-state index is 13.9. The van der Waals surface area contributed by atoms with Crippen molar-refractivity contribution in [3.63, 3.8) is 0 Å². The Morgan fingerprint density at radius 2 is 1.09 bits per heavy atom. The predicted molar refractivity (Wildman–Crippen MR) is 187 cm³/mol. The summed E-state index contributed by atoms with van der Waals surface area (Å²) in [5.41, 5.74) is 22.9. The summed E-state index contributed by atoms with van der Waals surface area (Å²) in [6, 6.07) is -1.64. The van der Waals surface area contributed by atoms with Crippen LogP contribution in [0, 0.1) is 5.92 Å². The van der Waals surface area contributed by atoms with Crippen LogP contribution in [-0.2, 0) is 24.0 Å². The Bertz CT molecular complexity index is 933. The van der Waals surface area contributed by atoms with Crippen LogP contribution in [0.3, 0.4) is 0 Å². The molecule has 12 N–H and O–H groups in total. The van der Waals surface area contributed by atoms with E-state index >= 15 is 0 Å². The van der Waals surface area contributed by atoms with Crippen LogP contribution in [0.4, 0.5) is 0 Å². The molecule has 0 aliphatic heterocycles. The molecule has 0 rings (SSSR count). The van der Waals surface area contributed by atoms with E-state index in [4.69, 9.17) is 22.9 Å². The molecule has 0 radical (unpaired) electrons. The van der Waals surface area contributed by atoms with E-state index in [1.165, 1.54) is 0 Å². The molecule has 5 amide bonds. The lowest BCUT2D eigenvalue weighted by Crippen LogP contribution is -2.51. The first kappa shape index (κ1) is 43.7. The van der Waals surface area contributed by atoms with Gasteiger partial charge >= 0.3 is 0 Å². The molecule has 47 heavy (non-hydrogen) atoms. The summed E-state index contributed by atoms with van der Waals surface area (Å²) in [6.07, 6.45) is 14.4. The van der Waals surface area contributed by atoms with Crippen LogP contribution in [0.25, 0.3) is 0 Å². The minimum atomic E-state index is -0.821. The van der Waals surface area contributed by atoms with Gasteiger partial charge < -0.3 is 49.1 Å². The molecule has 0 fully saturated rings. The van der Waals surface area contributed by atoms with E-state index in [2.05, 4.69) is 21.3 Å². The smallest absolute Gasteiger partial charge is 0.236 e. The SMILES string of the molecule is CC/C=C\CCC(=O)NCCCCN(CCCNC(=O)CC/C=C\CC)C(=O)C(CNC(=O)[C@@H](N)CCN)CNC(=O)[C@@H](N)CCN. The molecule has 0 spiro atoms. The van der Waals surface area contributed by atoms with Crippen molar-refractivity contribution in [2.24, 2.45) is 28.9 Å². The number of allylic oxidation sites excluding steroid dienone is 4. The predicted octanol–water partition coefficient (Wildman–Crippen LogP) is -0.0887. The first-order chi connectivity index (χ1) is 22.6. The van der Waals surface area contributed by atoms with Crippen molar-refractivity contribution in [1.29, 1.82) is 0 Å². The molecule has 0 heterocycles. The topological polar surface area (TPSA) is 241 Å². The molecule has 14 heteroatoms. The van der Waals surface area contributed by atoms with E-state index in [1.54, 1.807) is 4.90 Å². The van der Waals surface area contributed by atoms with E-state index < -0.39 is 29.8 Å². The van der Waals surface area contributed by atoms with E-state index in [9.17, 15) is 24.0 Å². The van der Waals surface area contributed by atoms with Crippen LogP contribution in [0.15, 0.2) is 24.3 Å². The summed E-state index contributed by atoms with van der Waals surface area (Å²) in [4.78, 5) is 64.9. The zero-order chi connectivity index (χ0) is 35.3. The van der Waals surface area contributed by atoms with E-state index in [-0.39, 0.29) is 56.7 Å². The number of unbranched alkanes of at least 4 members (excludes halogenated alkanes) is 1. The zero-order valence-corrected chi connectivity index (χ0v) is 28.8. The van der Waals surface area contributed by atoms with Crippen LogP contribution in [0.1, 0.15) is 84.5 Å². The monoisotopic (exact) mass is 665 g/mol. The van der Waals surface area contributed by atoms with Crippen LogP contribution in [-0.4, -0.2) is 98.9 Å². The first-order valence-corrected chi connectivity index (χ1v) is 17.2. The quantitative estimate of drug-likeness (QED) is 0.0411. The molecule has 0 bridgehead atoms. The Morgan fingerprint density at radius 1 is 0.638 bits per heavy atom. The Morgan fingerprint density at radius 3 is 1.53 bits per heavy atom. The molecular formula is C33H63N9O5. The Kier molecular flexibility index (Phi) is 26.8. The number of rotatable bonds is 28. The van der Waals surface area contributed by atoms with Crippen molar-refractivity contribution < 1.29 is 24.0 Å². The number of carbonyl (C=O) groups is 5. The molecule has 0 unspecified atom stereocenters. The Hall–Kier alpha value is -3.33. The fourth-order valence-electron chi connectivity index (χ4n) is 4.50. The lowest BCUT2D eigenvalue weighted by Gasteiger charge is -2.28. The molecule has 2 atom stereocenters. The average molecular weight is 666 g/mol. The highest BCUT2D eigenvalue weighted by Gasteiger charge is 2.27. The number of nitrogens with one attached hydrogen (secondary N) is 4. The van der Waals surface area contributed by atoms with E-state index in [0.717, 1.165) is 12.8 Å². The second kappa shape index (κ2) is 28.9. The molecule has 0 aliphatic carbocycles. The van der Waals surface area contributed by atoms with Crippen molar-refractivity contribution in [3.05, 3.63) is 24.3 Å². The third kappa shape index (κ3) is 22.8. The third-order valence-corrected chi connectivity index (χ3v) is 7.32. The van der Waals surface area contributed by atoms with Crippen molar-refractivity contribution in [2.75, 3.05) is 52.4 Å². The minimum absolute atomic E-state index is 0.0214. The van der Waals surface area contributed by atoms with Crippen molar-refractivity contribution >= 4 is 29.5 Å². The van der Waals surface area contributed by atoms with Gasteiger partial charge in [0.1, 0.15) is 0 Å². The molecule has 0 aliphatic rings. The number of nitrogens with two attached hydrogens (primary N) is 4. The van der Waals surface area contributed by atoms with Gasteiger partial charge in [0.05, 0.1) is 18.0 Å². The van der Waals surface area contributed by atoms with Crippen LogP contribution >= 0.6 is 0 Å². The van der Waals surface area contributed by atoms with Crippen molar-refractivity contribution in [3.8, 4) is 0 Å². The zero-order valence-electron chi connectivity index (χ0n) is 28.8. The summed E-state index contributed by atoms with van der Waals surface area (Å²) in [5.74, 6) is -2.03. The first-order valence-electron chi connectivity index (χ1n) is 17.2.